The molecule has 4 rings (SSSR count). The van der Waals surface area contributed by atoms with Crippen molar-refractivity contribution in [2.24, 2.45) is 0 Å². The van der Waals surface area contributed by atoms with Crippen molar-refractivity contribution >= 4 is 5.91 Å². The van der Waals surface area contributed by atoms with E-state index in [4.69, 9.17) is 0 Å². The van der Waals surface area contributed by atoms with Gasteiger partial charge in [-0.15, -0.1) is 0 Å². The van der Waals surface area contributed by atoms with Crippen LogP contribution in [0.3, 0.4) is 0 Å². The normalized spacial score (nSPS) is 27.5. The third-order valence-corrected chi connectivity index (χ3v) is 4.64. The molecule has 4 heteroatoms. The fraction of sp³-hybridized carbons (Fsp3) is 0.588. The molecule has 3 saturated heterocycles. The van der Waals surface area contributed by atoms with Crippen molar-refractivity contribution in [1.29, 1.82) is 0 Å². The molecule has 21 heavy (non-hydrogen) atoms. The summed E-state index contributed by atoms with van der Waals surface area (Å²) in [5.41, 5.74) is 1.31. The molecule has 2 bridgehead atoms. The molecule has 3 aliphatic heterocycles. The van der Waals surface area contributed by atoms with Gasteiger partial charge < -0.3 is 5.32 Å². The SMILES string of the molecule is O=C(CCCc1ccccc1)NCC1CN2CCN1CC2. The van der Waals surface area contributed by atoms with Crippen LogP contribution in [-0.4, -0.2) is 61.0 Å². The molecule has 1 amide bonds. The number of aryl methyl sites for hydroxylation is 1. The molecule has 4 nitrogen and oxygen atoms in total. The summed E-state index contributed by atoms with van der Waals surface area (Å²) in [4.78, 5) is 17.0. The summed E-state index contributed by atoms with van der Waals surface area (Å²) in [6.45, 7) is 6.64. The van der Waals surface area contributed by atoms with Gasteiger partial charge in [0.1, 0.15) is 0 Å². The maximum Gasteiger partial charge on any atom is 0.220 e. The predicted octanol–water partition coefficient (Wildman–Crippen LogP) is 1.13. The zero-order valence-corrected chi connectivity index (χ0v) is 12.6. The molecule has 0 saturated carbocycles. The number of hydrogen-bond acceptors (Lipinski definition) is 3. The fourth-order valence-corrected chi connectivity index (χ4v) is 3.34. The summed E-state index contributed by atoms with van der Waals surface area (Å²) in [6, 6.07) is 10.9. The van der Waals surface area contributed by atoms with Crippen molar-refractivity contribution in [3.63, 3.8) is 0 Å². The maximum atomic E-state index is 11.9. The summed E-state index contributed by atoms with van der Waals surface area (Å²) in [6.07, 6.45) is 2.54. The van der Waals surface area contributed by atoms with Crippen LogP contribution in [0.1, 0.15) is 18.4 Å². The molecule has 0 spiro atoms. The molecule has 1 aromatic rings. The van der Waals surface area contributed by atoms with E-state index < -0.39 is 0 Å². The van der Waals surface area contributed by atoms with Crippen molar-refractivity contribution in [3.05, 3.63) is 35.9 Å². The molecular formula is C17H25N3O. The third-order valence-electron chi connectivity index (χ3n) is 4.64. The number of carbonyl (C=O) groups excluding carboxylic acids is 1. The number of nitrogens with zero attached hydrogens (tertiary/aromatic N) is 2. The Bertz CT molecular complexity index is 454. The monoisotopic (exact) mass is 287 g/mol. The summed E-state index contributed by atoms with van der Waals surface area (Å²) in [5.74, 6) is 0.198. The Kier molecular flexibility index (Phi) is 4.88. The van der Waals surface area contributed by atoms with E-state index >= 15 is 0 Å². The van der Waals surface area contributed by atoms with Crippen LogP contribution in [0.2, 0.25) is 0 Å². The Labute approximate surface area is 127 Å². The van der Waals surface area contributed by atoms with E-state index in [0.29, 0.717) is 12.5 Å². The van der Waals surface area contributed by atoms with Gasteiger partial charge in [0, 0.05) is 51.7 Å². The molecular weight excluding hydrogens is 262 g/mol. The standard InChI is InChI=1S/C17H25N3O/c21-17(8-4-7-15-5-2-1-3-6-15)18-13-16-14-19-9-11-20(16)12-10-19/h1-3,5-6,16H,4,7-14H2,(H,18,21). The Hall–Kier alpha value is -1.39. The number of amides is 1. The lowest BCUT2D eigenvalue weighted by molar-refractivity contribution is -0.121. The van der Waals surface area contributed by atoms with E-state index in [1.165, 1.54) is 18.7 Å². The van der Waals surface area contributed by atoms with Gasteiger partial charge in [0.05, 0.1) is 0 Å². The number of rotatable bonds is 6. The van der Waals surface area contributed by atoms with Gasteiger partial charge in [-0.1, -0.05) is 30.3 Å². The smallest absolute Gasteiger partial charge is 0.220 e. The molecule has 1 unspecified atom stereocenters. The van der Waals surface area contributed by atoms with Crippen LogP contribution < -0.4 is 5.32 Å². The zero-order valence-electron chi connectivity index (χ0n) is 12.6. The highest BCUT2D eigenvalue weighted by atomic mass is 16.1. The molecule has 1 atom stereocenters. The Morgan fingerprint density at radius 2 is 1.90 bits per heavy atom. The van der Waals surface area contributed by atoms with Gasteiger partial charge in [-0.05, 0) is 18.4 Å². The molecule has 0 aliphatic carbocycles. The van der Waals surface area contributed by atoms with Crippen LogP contribution in [0.15, 0.2) is 30.3 Å². The quantitative estimate of drug-likeness (QED) is 0.852. The van der Waals surface area contributed by atoms with Gasteiger partial charge in [-0.3, -0.25) is 14.6 Å². The first kappa shape index (κ1) is 14.5. The van der Waals surface area contributed by atoms with Crippen LogP contribution >= 0.6 is 0 Å². The molecule has 114 valence electrons. The predicted molar refractivity (Wildman–Crippen MR) is 84.2 cm³/mol. The Morgan fingerprint density at radius 3 is 2.57 bits per heavy atom. The molecule has 0 aromatic heterocycles. The number of hydrogen-bond donors (Lipinski definition) is 1. The summed E-state index contributed by atoms with van der Waals surface area (Å²) in [5, 5.41) is 3.12. The van der Waals surface area contributed by atoms with E-state index in [1.54, 1.807) is 0 Å². The van der Waals surface area contributed by atoms with Crippen LogP contribution in [0, 0.1) is 0 Å². The van der Waals surface area contributed by atoms with E-state index in [2.05, 4.69) is 39.4 Å². The van der Waals surface area contributed by atoms with Crippen molar-refractivity contribution in [3.8, 4) is 0 Å². The molecule has 3 fully saturated rings. The van der Waals surface area contributed by atoms with E-state index in [1.807, 2.05) is 6.07 Å². The first-order valence-corrected chi connectivity index (χ1v) is 8.08. The lowest BCUT2D eigenvalue weighted by atomic mass is 10.1. The summed E-state index contributed by atoms with van der Waals surface area (Å²) >= 11 is 0. The Balaban J connectivity index is 1.33. The average molecular weight is 287 g/mol. The highest BCUT2D eigenvalue weighted by Gasteiger charge is 2.31. The van der Waals surface area contributed by atoms with Gasteiger partial charge in [-0.2, -0.15) is 0 Å². The van der Waals surface area contributed by atoms with Crippen LogP contribution in [0.4, 0.5) is 0 Å². The van der Waals surface area contributed by atoms with E-state index in [-0.39, 0.29) is 5.91 Å². The number of piperazine rings is 3. The van der Waals surface area contributed by atoms with E-state index in [9.17, 15) is 4.79 Å². The van der Waals surface area contributed by atoms with Gasteiger partial charge in [0.15, 0.2) is 0 Å². The van der Waals surface area contributed by atoms with Gasteiger partial charge >= 0.3 is 0 Å². The fourth-order valence-electron chi connectivity index (χ4n) is 3.34. The first-order valence-electron chi connectivity index (χ1n) is 8.08. The van der Waals surface area contributed by atoms with Crippen molar-refractivity contribution in [1.82, 2.24) is 15.1 Å². The largest absolute Gasteiger partial charge is 0.354 e. The van der Waals surface area contributed by atoms with Crippen LogP contribution in [0.5, 0.6) is 0 Å². The molecule has 3 aliphatic rings. The molecule has 0 radical (unpaired) electrons. The van der Waals surface area contributed by atoms with Crippen LogP contribution in [0.25, 0.3) is 0 Å². The topological polar surface area (TPSA) is 35.6 Å². The minimum atomic E-state index is 0.198. The first-order chi connectivity index (χ1) is 10.3. The minimum absolute atomic E-state index is 0.198. The Morgan fingerprint density at radius 1 is 1.14 bits per heavy atom. The highest BCUT2D eigenvalue weighted by Crippen LogP contribution is 2.14. The van der Waals surface area contributed by atoms with Crippen molar-refractivity contribution < 1.29 is 4.79 Å². The molecule has 1 aromatic carbocycles. The lowest BCUT2D eigenvalue weighted by Gasteiger charge is -2.47. The highest BCUT2D eigenvalue weighted by molar-refractivity contribution is 5.75. The number of fused-ring (bicyclic) bond motifs is 3. The second-order valence-electron chi connectivity index (χ2n) is 6.13. The van der Waals surface area contributed by atoms with Gasteiger partial charge in [-0.25, -0.2) is 0 Å². The number of carbonyl (C=O) groups is 1. The average Bonchev–Trinajstić information content (AvgIpc) is 2.55. The second-order valence-corrected chi connectivity index (χ2v) is 6.13. The zero-order chi connectivity index (χ0) is 14.5. The number of nitrogens with one attached hydrogen (secondary N) is 1. The molecule has 3 heterocycles. The van der Waals surface area contributed by atoms with Crippen LogP contribution in [-0.2, 0) is 11.2 Å². The third kappa shape index (κ3) is 4.05. The number of benzene rings is 1. The van der Waals surface area contributed by atoms with Gasteiger partial charge in [0.25, 0.3) is 0 Å². The van der Waals surface area contributed by atoms with Gasteiger partial charge in [0.2, 0.25) is 5.91 Å². The second kappa shape index (κ2) is 7.05. The van der Waals surface area contributed by atoms with Crippen molar-refractivity contribution in [2.75, 3.05) is 39.3 Å². The molecule has 1 N–H and O–H groups in total. The minimum Gasteiger partial charge on any atom is -0.354 e. The maximum absolute atomic E-state index is 11.9. The van der Waals surface area contributed by atoms with E-state index in [0.717, 1.165) is 39.0 Å². The summed E-state index contributed by atoms with van der Waals surface area (Å²) in [7, 11) is 0. The summed E-state index contributed by atoms with van der Waals surface area (Å²) < 4.78 is 0. The van der Waals surface area contributed by atoms with Crippen molar-refractivity contribution in [2.45, 2.75) is 25.3 Å². The lowest BCUT2D eigenvalue weighted by Crippen LogP contribution is -2.63.